The van der Waals surface area contributed by atoms with Crippen LogP contribution in [-0.2, 0) is 6.42 Å². The molecule has 2 aromatic heterocycles. The lowest BCUT2D eigenvalue weighted by Gasteiger charge is -2.38. The van der Waals surface area contributed by atoms with Crippen molar-refractivity contribution in [1.29, 1.82) is 0 Å². The van der Waals surface area contributed by atoms with Gasteiger partial charge in [-0.2, -0.15) is 0 Å². The highest BCUT2D eigenvalue weighted by molar-refractivity contribution is 5.30. The second-order valence-electron chi connectivity index (χ2n) is 6.58. The van der Waals surface area contributed by atoms with Gasteiger partial charge in [-0.3, -0.25) is 4.98 Å². The van der Waals surface area contributed by atoms with E-state index >= 15 is 0 Å². The maximum absolute atomic E-state index is 6.29. The zero-order chi connectivity index (χ0) is 17.6. The van der Waals surface area contributed by atoms with Gasteiger partial charge in [0.05, 0.1) is 6.20 Å². The molecule has 132 valence electrons. The summed E-state index contributed by atoms with van der Waals surface area (Å²) >= 11 is 0. The lowest BCUT2D eigenvalue weighted by Crippen LogP contribution is -2.47. The van der Waals surface area contributed by atoms with Crippen LogP contribution in [0.15, 0.2) is 73.3 Å². The van der Waals surface area contributed by atoms with Gasteiger partial charge in [-0.15, -0.1) is 0 Å². The Morgan fingerprint density at radius 3 is 2.58 bits per heavy atom. The quantitative estimate of drug-likeness (QED) is 0.709. The van der Waals surface area contributed by atoms with E-state index < -0.39 is 0 Å². The number of hydrogen-bond donors (Lipinski definition) is 0. The lowest BCUT2D eigenvalue weighted by molar-refractivity contribution is 0.111. The fourth-order valence-corrected chi connectivity index (χ4v) is 3.51. The van der Waals surface area contributed by atoms with Gasteiger partial charge in [-0.25, -0.2) is 9.97 Å². The monoisotopic (exact) mass is 346 g/mol. The Morgan fingerprint density at radius 2 is 1.81 bits per heavy atom. The average molecular weight is 346 g/mol. The van der Waals surface area contributed by atoms with Crippen molar-refractivity contribution in [3.05, 3.63) is 78.9 Å². The molecule has 0 saturated carbocycles. The first-order valence-electron chi connectivity index (χ1n) is 9.01. The molecule has 2 atom stereocenters. The van der Waals surface area contributed by atoms with E-state index in [0.717, 1.165) is 37.6 Å². The van der Waals surface area contributed by atoms with Crippen LogP contribution in [0.1, 0.15) is 12.0 Å². The molecule has 0 unspecified atom stereocenters. The molecule has 0 radical (unpaired) electrons. The molecule has 0 amide bonds. The maximum atomic E-state index is 6.29. The SMILES string of the molecule is c1ccc(C[C@@H]2CN(c3ncccn3)CC[C@@H]2Oc2cccnc2)cc1. The number of aromatic nitrogens is 3. The van der Waals surface area contributed by atoms with Gasteiger partial charge in [0.25, 0.3) is 0 Å². The first-order chi connectivity index (χ1) is 12.9. The van der Waals surface area contributed by atoms with Crippen LogP contribution in [0.2, 0.25) is 0 Å². The van der Waals surface area contributed by atoms with Crippen molar-refractivity contribution >= 4 is 5.95 Å². The zero-order valence-electron chi connectivity index (χ0n) is 14.6. The summed E-state index contributed by atoms with van der Waals surface area (Å²) in [4.78, 5) is 15.3. The summed E-state index contributed by atoms with van der Waals surface area (Å²) < 4.78 is 6.29. The highest BCUT2D eigenvalue weighted by Crippen LogP contribution is 2.27. The number of anilines is 1. The number of pyridine rings is 1. The Bertz CT molecular complexity index is 798. The molecule has 3 heterocycles. The minimum atomic E-state index is 0.152. The van der Waals surface area contributed by atoms with Crippen molar-refractivity contribution in [3.8, 4) is 5.75 Å². The number of ether oxygens (including phenoxy) is 1. The van der Waals surface area contributed by atoms with E-state index in [-0.39, 0.29) is 6.10 Å². The van der Waals surface area contributed by atoms with Crippen molar-refractivity contribution in [3.63, 3.8) is 0 Å². The standard InChI is InChI=1S/C21H22N4O/c1-2-6-17(7-3-1)14-18-16-25(21-23-11-5-12-24-21)13-9-20(18)26-19-8-4-10-22-15-19/h1-8,10-12,15,18,20H,9,13-14,16H2/t18-,20+/m1/s1. The summed E-state index contributed by atoms with van der Waals surface area (Å²) in [7, 11) is 0. The maximum Gasteiger partial charge on any atom is 0.225 e. The molecule has 0 spiro atoms. The average Bonchev–Trinajstić information content (AvgIpc) is 2.71. The summed E-state index contributed by atoms with van der Waals surface area (Å²) in [6.07, 6.45) is 9.20. The molecular weight excluding hydrogens is 324 g/mol. The third-order valence-corrected chi connectivity index (χ3v) is 4.76. The first-order valence-corrected chi connectivity index (χ1v) is 9.01. The van der Waals surface area contributed by atoms with E-state index in [0.29, 0.717) is 5.92 Å². The van der Waals surface area contributed by atoms with Gasteiger partial charge < -0.3 is 9.64 Å². The second kappa shape index (κ2) is 7.95. The van der Waals surface area contributed by atoms with Crippen LogP contribution in [0.25, 0.3) is 0 Å². The van der Waals surface area contributed by atoms with E-state index in [1.165, 1.54) is 5.56 Å². The number of nitrogens with zero attached hydrogens (tertiary/aromatic N) is 4. The summed E-state index contributed by atoms with van der Waals surface area (Å²) in [5, 5.41) is 0. The van der Waals surface area contributed by atoms with Crippen LogP contribution in [0.5, 0.6) is 5.75 Å². The van der Waals surface area contributed by atoms with Crippen molar-refractivity contribution in [1.82, 2.24) is 15.0 Å². The molecule has 1 saturated heterocycles. The Kier molecular flexibility index (Phi) is 5.05. The molecule has 1 aromatic carbocycles. The van der Waals surface area contributed by atoms with Gasteiger partial charge in [-0.05, 0) is 30.2 Å². The fraction of sp³-hybridized carbons (Fsp3) is 0.286. The third-order valence-electron chi connectivity index (χ3n) is 4.76. The summed E-state index contributed by atoms with van der Waals surface area (Å²) in [6, 6.07) is 16.3. The lowest BCUT2D eigenvalue weighted by atomic mass is 9.88. The Hall–Kier alpha value is -2.95. The largest absolute Gasteiger partial charge is 0.488 e. The summed E-state index contributed by atoms with van der Waals surface area (Å²) in [5.74, 6) is 1.99. The highest BCUT2D eigenvalue weighted by Gasteiger charge is 2.32. The van der Waals surface area contributed by atoms with Crippen LogP contribution < -0.4 is 9.64 Å². The molecule has 3 aromatic rings. The minimum Gasteiger partial charge on any atom is -0.488 e. The van der Waals surface area contributed by atoms with Crippen LogP contribution in [0.3, 0.4) is 0 Å². The molecular formula is C21H22N4O. The molecule has 1 fully saturated rings. The predicted octanol–water partition coefficient (Wildman–Crippen LogP) is 3.39. The normalized spacial score (nSPS) is 19.9. The molecule has 4 rings (SSSR count). The molecule has 1 aliphatic heterocycles. The third kappa shape index (κ3) is 3.99. The number of benzene rings is 1. The number of rotatable bonds is 5. The Balaban J connectivity index is 1.53. The molecule has 0 bridgehead atoms. The van der Waals surface area contributed by atoms with Crippen molar-refractivity contribution in [2.45, 2.75) is 18.9 Å². The Morgan fingerprint density at radius 1 is 0.962 bits per heavy atom. The van der Waals surface area contributed by atoms with Gasteiger partial charge in [0, 0.05) is 44.0 Å². The molecule has 26 heavy (non-hydrogen) atoms. The van der Waals surface area contributed by atoms with Crippen LogP contribution in [0, 0.1) is 5.92 Å². The number of piperidine rings is 1. The summed E-state index contributed by atoms with van der Waals surface area (Å²) in [5.41, 5.74) is 1.33. The zero-order valence-corrected chi connectivity index (χ0v) is 14.6. The topological polar surface area (TPSA) is 51.1 Å². The van der Waals surface area contributed by atoms with Gasteiger partial charge in [0.1, 0.15) is 11.9 Å². The van der Waals surface area contributed by atoms with E-state index in [9.17, 15) is 0 Å². The van der Waals surface area contributed by atoms with Crippen molar-refractivity contribution in [2.24, 2.45) is 5.92 Å². The summed E-state index contributed by atoms with van der Waals surface area (Å²) in [6.45, 7) is 1.77. The fourth-order valence-electron chi connectivity index (χ4n) is 3.51. The second-order valence-corrected chi connectivity index (χ2v) is 6.58. The van der Waals surface area contributed by atoms with Gasteiger partial charge in [-0.1, -0.05) is 30.3 Å². The molecule has 5 heteroatoms. The first kappa shape index (κ1) is 16.5. The predicted molar refractivity (Wildman–Crippen MR) is 101 cm³/mol. The molecule has 0 N–H and O–H groups in total. The van der Waals surface area contributed by atoms with E-state index in [2.05, 4.69) is 50.2 Å². The van der Waals surface area contributed by atoms with Gasteiger partial charge >= 0.3 is 0 Å². The number of hydrogen-bond acceptors (Lipinski definition) is 5. The van der Waals surface area contributed by atoms with Crippen LogP contribution in [0.4, 0.5) is 5.95 Å². The van der Waals surface area contributed by atoms with E-state index in [1.54, 1.807) is 24.8 Å². The van der Waals surface area contributed by atoms with Gasteiger partial charge in [0.15, 0.2) is 0 Å². The molecule has 0 aliphatic carbocycles. The highest BCUT2D eigenvalue weighted by atomic mass is 16.5. The van der Waals surface area contributed by atoms with Gasteiger partial charge in [0.2, 0.25) is 5.95 Å². The molecule has 1 aliphatic rings. The van der Waals surface area contributed by atoms with Crippen LogP contribution >= 0.6 is 0 Å². The minimum absolute atomic E-state index is 0.152. The van der Waals surface area contributed by atoms with Crippen LogP contribution in [-0.4, -0.2) is 34.1 Å². The molecule has 5 nitrogen and oxygen atoms in total. The smallest absolute Gasteiger partial charge is 0.225 e. The van der Waals surface area contributed by atoms with E-state index in [4.69, 9.17) is 4.74 Å². The van der Waals surface area contributed by atoms with Crippen molar-refractivity contribution in [2.75, 3.05) is 18.0 Å². The van der Waals surface area contributed by atoms with Crippen molar-refractivity contribution < 1.29 is 4.74 Å². The Labute approximate surface area is 153 Å². The van der Waals surface area contributed by atoms with E-state index in [1.807, 2.05) is 18.2 Å².